The summed E-state index contributed by atoms with van der Waals surface area (Å²) < 4.78 is 15.4. The Labute approximate surface area is 200 Å². The SMILES string of the molecule is CC/C=C/C(=O)Nc1cc2c(Nc3ccc4c(cnn4Cc4cccc(F)c4)c3)ncnc2cn1. The van der Waals surface area contributed by atoms with Crippen LogP contribution in [0.15, 0.2) is 79.4 Å². The molecule has 8 nitrogen and oxygen atoms in total. The first-order valence-corrected chi connectivity index (χ1v) is 11.1. The molecule has 5 rings (SSSR count). The molecule has 0 atom stereocenters. The van der Waals surface area contributed by atoms with Gasteiger partial charge in [0.1, 0.15) is 23.8 Å². The topological polar surface area (TPSA) is 97.6 Å². The van der Waals surface area contributed by atoms with Crippen molar-refractivity contribution < 1.29 is 9.18 Å². The summed E-state index contributed by atoms with van der Waals surface area (Å²) in [4.78, 5) is 25.0. The lowest BCUT2D eigenvalue weighted by Crippen LogP contribution is -2.09. The van der Waals surface area contributed by atoms with Gasteiger partial charge < -0.3 is 10.6 Å². The van der Waals surface area contributed by atoms with E-state index < -0.39 is 0 Å². The molecule has 3 aromatic heterocycles. The quantitative estimate of drug-likeness (QED) is 0.319. The number of rotatable bonds is 7. The van der Waals surface area contributed by atoms with E-state index in [0.29, 0.717) is 23.7 Å². The Kier molecular flexibility index (Phi) is 6.13. The average Bonchev–Trinajstić information content (AvgIpc) is 3.25. The van der Waals surface area contributed by atoms with Crippen molar-refractivity contribution in [1.29, 1.82) is 0 Å². The summed E-state index contributed by atoms with van der Waals surface area (Å²) in [6.45, 7) is 2.43. The Morgan fingerprint density at radius 2 is 2.00 bits per heavy atom. The number of allylic oxidation sites excluding steroid dienone is 1. The van der Waals surface area contributed by atoms with Gasteiger partial charge in [-0.2, -0.15) is 5.10 Å². The number of pyridine rings is 1. The Morgan fingerprint density at radius 1 is 1.09 bits per heavy atom. The maximum atomic E-state index is 13.5. The first kappa shape index (κ1) is 22.1. The Balaban J connectivity index is 1.40. The standard InChI is InChI=1S/C26H22FN7O/c1-2-3-7-25(35)33-24-12-21-22(14-28-24)29-16-30-26(21)32-20-8-9-23-18(11-20)13-31-34(23)15-17-5-4-6-19(27)10-17/h3-14,16H,2,15H2,1H3,(H,28,33,35)(H,29,30,32)/b7-3+. The van der Waals surface area contributed by atoms with E-state index in [0.717, 1.165) is 34.0 Å². The van der Waals surface area contributed by atoms with E-state index in [-0.39, 0.29) is 11.7 Å². The largest absolute Gasteiger partial charge is 0.340 e. The van der Waals surface area contributed by atoms with Gasteiger partial charge >= 0.3 is 0 Å². The summed E-state index contributed by atoms with van der Waals surface area (Å²) in [5.74, 6) is 0.488. The molecule has 0 saturated carbocycles. The minimum atomic E-state index is -0.266. The van der Waals surface area contributed by atoms with Gasteiger partial charge in [-0.3, -0.25) is 9.48 Å². The normalized spacial score (nSPS) is 11.4. The minimum absolute atomic E-state index is 0.245. The van der Waals surface area contributed by atoms with E-state index >= 15 is 0 Å². The van der Waals surface area contributed by atoms with E-state index in [1.165, 1.54) is 24.5 Å². The van der Waals surface area contributed by atoms with Gasteiger partial charge in [-0.05, 0) is 54.5 Å². The van der Waals surface area contributed by atoms with Gasteiger partial charge in [0.05, 0.1) is 30.0 Å². The number of hydrogen-bond acceptors (Lipinski definition) is 6. The van der Waals surface area contributed by atoms with Crippen LogP contribution in [0.4, 0.5) is 21.7 Å². The van der Waals surface area contributed by atoms with Crippen molar-refractivity contribution in [3.8, 4) is 0 Å². The molecule has 0 fully saturated rings. The number of fused-ring (bicyclic) bond motifs is 2. The number of anilines is 3. The number of benzene rings is 2. The fourth-order valence-corrected chi connectivity index (χ4v) is 3.76. The fourth-order valence-electron chi connectivity index (χ4n) is 3.76. The van der Waals surface area contributed by atoms with Crippen molar-refractivity contribution >= 4 is 45.0 Å². The molecule has 0 unspecified atom stereocenters. The van der Waals surface area contributed by atoms with Crippen molar-refractivity contribution in [2.75, 3.05) is 10.6 Å². The second-order valence-electron chi connectivity index (χ2n) is 7.94. The Bertz CT molecular complexity index is 1560. The number of carbonyl (C=O) groups excluding carboxylic acids is 1. The molecule has 35 heavy (non-hydrogen) atoms. The van der Waals surface area contributed by atoms with Crippen LogP contribution in [-0.4, -0.2) is 30.6 Å². The van der Waals surface area contributed by atoms with Gasteiger partial charge in [0, 0.05) is 16.5 Å². The maximum Gasteiger partial charge on any atom is 0.249 e. The summed E-state index contributed by atoms with van der Waals surface area (Å²) in [5.41, 5.74) is 3.23. The van der Waals surface area contributed by atoms with E-state index in [1.807, 2.05) is 35.9 Å². The summed E-state index contributed by atoms with van der Waals surface area (Å²) in [5, 5.41) is 12.2. The van der Waals surface area contributed by atoms with Crippen molar-refractivity contribution in [2.45, 2.75) is 19.9 Å². The third kappa shape index (κ3) is 4.98. The number of nitrogens with zero attached hydrogens (tertiary/aromatic N) is 5. The molecule has 0 aliphatic rings. The fraction of sp³-hybridized carbons (Fsp3) is 0.115. The van der Waals surface area contributed by atoms with Crippen LogP contribution >= 0.6 is 0 Å². The van der Waals surface area contributed by atoms with Crippen LogP contribution in [-0.2, 0) is 11.3 Å². The smallest absolute Gasteiger partial charge is 0.249 e. The average molecular weight is 468 g/mol. The molecule has 1 amide bonds. The lowest BCUT2D eigenvalue weighted by atomic mass is 10.2. The van der Waals surface area contributed by atoms with Crippen LogP contribution in [0.3, 0.4) is 0 Å². The molecule has 0 spiro atoms. The van der Waals surface area contributed by atoms with Crippen molar-refractivity contribution in [3.63, 3.8) is 0 Å². The molecule has 0 aliphatic carbocycles. The Hall–Kier alpha value is -4.66. The number of aromatic nitrogens is 5. The molecule has 3 heterocycles. The summed E-state index contributed by atoms with van der Waals surface area (Å²) in [7, 11) is 0. The number of nitrogens with one attached hydrogen (secondary N) is 2. The first-order valence-electron chi connectivity index (χ1n) is 11.1. The molecule has 0 bridgehead atoms. The van der Waals surface area contributed by atoms with Crippen LogP contribution in [0, 0.1) is 5.82 Å². The van der Waals surface area contributed by atoms with Gasteiger partial charge in [-0.1, -0.05) is 25.1 Å². The van der Waals surface area contributed by atoms with Crippen molar-refractivity contribution in [2.24, 2.45) is 0 Å². The number of halogens is 1. The molecule has 9 heteroatoms. The van der Waals surface area contributed by atoms with Crippen LogP contribution in [0.25, 0.3) is 21.8 Å². The number of amides is 1. The van der Waals surface area contributed by atoms with Crippen LogP contribution in [0.2, 0.25) is 0 Å². The molecular weight excluding hydrogens is 445 g/mol. The number of carbonyl (C=O) groups is 1. The third-order valence-electron chi connectivity index (χ3n) is 5.40. The first-order chi connectivity index (χ1) is 17.1. The lowest BCUT2D eigenvalue weighted by Gasteiger charge is -2.10. The second kappa shape index (κ2) is 9.68. The molecule has 2 aromatic carbocycles. The molecular formula is C26H22FN7O. The zero-order valence-electron chi connectivity index (χ0n) is 18.9. The second-order valence-corrected chi connectivity index (χ2v) is 7.94. The van der Waals surface area contributed by atoms with Gasteiger partial charge in [-0.15, -0.1) is 0 Å². The molecule has 174 valence electrons. The van der Waals surface area contributed by atoms with Gasteiger partial charge in [0.15, 0.2) is 0 Å². The Morgan fingerprint density at radius 3 is 2.86 bits per heavy atom. The van der Waals surface area contributed by atoms with Crippen LogP contribution < -0.4 is 10.6 Å². The molecule has 5 aromatic rings. The summed E-state index contributed by atoms with van der Waals surface area (Å²) in [6.07, 6.45) is 8.87. The van der Waals surface area contributed by atoms with Crippen LogP contribution in [0.5, 0.6) is 0 Å². The van der Waals surface area contributed by atoms with Gasteiger partial charge in [0.25, 0.3) is 0 Å². The van der Waals surface area contributed by atoms with E-state index in [2.05, 4.69) is 30.7 Å². The zero-order valence-corrected chi connectivity index (χ0v) is 18.9. The van der Waals surface area contributed by atoms with E-state index in [9.17, 15) is 9.18 Å². The van der Waals surface area contributed by atoms with Crippen molar-refractivity contribution in [1.82, 2.24) is 24.7 Å². The zero-order chi connectivity index (χ0) is 24.2. The monoisotopic (exact) mass is 467 g/mol. The highest BCUT2D eigenvalue weighted by Crippen LogP contribution is 2.27. The molecule has 0 aliphatic heterocycles. The predicted molar refractivity (Wildman–Crippen MR) is 134 cm³/mol. The highest BCUT2D eigenvalue weighted by atomic mass is 19.1. The molecule has 0 saturated heterocycles. The molecule has 0 radical (unpaired) electrons. The van der Waals surface area contributed by atoms with Gasteiger partial charge in [-0.25, -0.2) is 19.3 Å². The highest BCUT2D eigenvalue weighted by molar-refractivity contribution is 6.00. The minimum Gasteiger partial charge on any atom is -0.340 e. The highest BCUT2D eigenvalue weighted by Gasteiger charge is 2.10. The number of hydrogen-bond donors (Lipinski definition) is 2. The van der Waals surface area contributed by atoms with Crippen molar-refractivity contribution in [3.05, 3.63) is 90.8 Å². The van der Waals surface area contributed by atoms with Crippen LogP contribution in [0.1, 0.15) is 18.9 Å². The third-order valence-corrected chi connectivity index (χ3v) is 5.40. The van der Waals surface area contributed by atoms with Gasteiger partial charge in [0.2, 0.25) is 5.91 Å². The van der Waals surface area contributed by atoms with E-state index in [4.69, 9.17) is 0 Å². The summed E-state index contributed by atoms with van der Waals surface area (Å²) >= 11 is 0. The predicted octanol–water partition coefficient (Wildman–Crippen LogP) is 5.21. The lowest BCUT2D eigenvalue weighted by molar-refractivity contribution is -0.111. The summed E-state index contributed by atoms with van der Waals surface area (Å²) in [6, 6.07) is 14.1. The maximum absolute atomic E-state index is 13.5. The van der Waals surface area contributed by atoms with E-state index in [1.54, 1.807) is 30.6 Å². The molecule has 2 N–H and O–H groups in total.